The summed E-state index contributed by atoms with van der Waals surface area (Å²) in [6, 6.07) is 10.7. The molecule has 1 aromatic heterocycles. The summed E-state index contributed by atoms with van der Waals surface area (Å²) in [5, 5.41) is 8.06. The smallest absolute Gasteiger partial charge is 0.119 e. The molecule has 0 amide bonds. The van der Waals surface area contributed by atoms with Gasteiger partial charge in [-0.05, 0) is 50.6 Å². The maximum atomic E-state index is 5.30. The highest BCUT2D eigenvalue weighted by atomic mass is 16.5. The number of aryl methyl sites for hydroxylation is 2. The molecule has 21 heavy (non-hydrogen) atoms. The Morgan fingerprint density at radius 1 is 1.29 bits per heavy atom. The van der Waals surface area contributed by atoms with E-state index in [2.05, 4.69) is 47.1 Å². The Bertz CT molecular complexity index is 577. The van der Waals surface area contributed by atoms with Crippen molar-refractivity contribution in [3.63, 3.8) is 0 Å². The van der Waals surface area contributed by atoms with Gasteiger partial charge in [-0.15, -0.1) is 0 Å². The van der Waals surface area contributed by atoms with Crippen LogP contribution in [0.5, 0.6) is 5.75 Å². The SMILES string of the molecule is CCc1cc(C(Cc2cccc(OC)c2)NC)n(CC)n1. The molecule has 4 heteroatoms. The van der Waals surface area contributed by atoms with E-state index in [-0.39, 0.29) is 6.04 Å². The predicted molar refractivity (Wildman–Crippen MR) is 85.8 cm³/mol. The summed E-state index contributed by atoms with van der Waals surface area (Å²) in [5.74, 6) is 0.903. The number of rotatable bonds is 7. The van der Waals surface area contributed by atoms with Crippen molar-refractivity contribution in [3.8, 4) is 5.75 Å². The molecule has 0 aliphatic heterocycles. The molecule has 0 saturated carbocycles. The quantitative estimate of drug-likeness (QED) is 0.851. The standard InChI is InChI=1S/C17H25N3O/c1-5-14-12-17(20(6-2)19-14)16(18-3)11-13-8-7-9-15(10-13)21-4/h7-10,12,16,18H,5-6,11H2,1-4H3. The lowest BCUT2D eigenvalue weighted by Crippen LogP contribution is -2.22. The van der Waals surface area contributed by atoms with Crippen molar-refractivity contribution in [2.24, 2.45) is 0 Å². The van der Waals surface area contributed by atoms with Crippen molar-refractivity contribution < 1.29 is 4.74 Å². The zero-order valence-electron chi connectivity index (χ0n) is 13.4. The summed E-state index contributed by atoms with van der Waals surface area (Å²) in [4.78, 5) is 0. The molecule has 1 aromatic carbocycles. The van der Waals surface area contributed by atoms with Gasteiger partial charge in [0, 0.05) is 6.54 Å². The molecule has 2 rings (SSSR count). The molecule has 0 aliphatic carbocycles. The third-order valence-electron chi connectivity index (χ3n) is 3.80. The molecule has 0 radical (unpaired) electrons. The summed E-state index contributed by atoms with van der Waals surface area (Å²) in [6.45, 7) is 5.17. The molecule has 1 unspecified atom stereocenters. The molecule has 1 heterocycles. The molecule has 0 aliphatic rings. The van der Waals surface area contributed by atoms with Crippen molar-refractivity contribution in [2.75, 3.05) is 14.2 Å². The highest BCUT2D eigenvalue weighted by molar-refractivity contribution is 5.30. The Balaban J connectivity index is 2.24. The third kappa shape index (κ3) is 3.64. The maximum Gasteiger partial charge on any atom is 0.119 e. The van der Waals surface area contributed by atoms with Crippen LogP contribution >= 0.6 is 0 Å². The topological polar surface area (TPSA) is 39.1 Å². The van der Waals surface area contributed by atoms with E-state index in [1.807, 2.05) is 19.2 Å². The number of aromatic nitrogens is 2. The number of hydrogen-bond acceptors (Lipinski definition) is 3. The summed E-state index contributed by atoms with van der Waals surface area (Å²) >= 11 is 0. The molecule has 0 spiro atoms. The van der Waals surface area contributed by atoms with Crippen LogP contribution in [0, 0.1) is 0 Å². The van der Waals surface area contributed by atoms with E-state index in [0.717, 1.165) is 30.8 Å². The molecular formula is C17H25N3O. The monoisotopic (exact) mass is 287 g/mol. The van der Waals surface area contributed by atoms with E-state index in [9.17, 15) is 0 Å². The lowest BCUT2D eigenvalue weighted by atomic mass is 10.0. The van der Waals surface area contributed by atoms with E-state index in [1.54, 1.807) is 7.11 Å². The minimum atomic E-state index is 0.254. The Morgan fingerprint density at radius 2 is 2.10 bits per heavy atom. The zero-order valence-corrected chi connectivity index (χ0v) is 13.4. The van der Waals surface area contributed by atoms with Gasteiger partial charge < -0.3 is 10.1 Å². The largest absolute Gasteiger partial charge is 0.497 e. The van der Waals surface area contributed by atoms with Crippen LogP contribution in [0.1, 0.15) is 36.8 Å². The normalized spacial score (nSPS) is 12.4. The molecule has 0 fully saturated rings. The number of benzene rings is 1. The van der Waals surface area contributed by atoms with Gasteiger partial charge in [0.05, 0.1) is 24.5 Å². The third-order valence-corrected chi connectivity index (χ3v) is 3.80. The first kappa shape index (κ1) is 15.6. The van der Waals surface area contributed by atoms with Gasteiger partial charge in [-0.25, -0.2) is 0 Å². The van der Waals surface area contributed by atoms with Gasteiger partial charge in [0.2, 0.25) is 0 Å². The van der Waals surface area contributed by atoms with Crippen LogP contribution in [0.4, 0.5) is 0 Å². The van der Waals surface area contributed by atoms with Crippen LogP contribution in [0.15, 0.2) is 30.3 Å². The van der Waals surface area contributed by atoms with Crippen LogP contribution in [0.2, 0.25) is 0 Å². The maximum absolute atomic E-state index is 5.30. The molecule has 0 saturated heterocycles. The number of methoxy groups -OCH3 is 1. The van der Waals surface area contributed by atoms with Crippen molar-refractivity contribution >= 4 is 0 Å². The molecule has 1 N–H and O–H groups in total. The van der Waals surface area contributed by atoms with Crippen LogP contribution in [-0.2, 0) is 19.4 Å². The first-order valence-electron chi connectivity index (χ1n) is 7.58. The Hall–Kier alpha value is -1.81. The van der Waals surface area contributed by atoms with Crippen LogP contribution < -0.4 is 10.1 Å². The second kappa shape index (κ2) is 7.27. The lowest BCUT2D eigenvalue weighted by Gasteiger charge is -2.18. The van der Waals surface area contributed by atoms with Crippen molar-refractivity contribution in [2.45, 2.75) is 39.3 Å². The van der Waals surface area contributed by atoms with E-state index >= 15 is 0 Å². The molecular weight excluding hydrogens is 262 g/mol. The second-order valence-electron chi connectivity index (χ2n) is 5.13. The zero-order chi connectivity index (χ0) is 15.2. The number of nitrogens with one attached hydrogen (secondary N) is 1. The molecule has 114 valence electrons. The summed E-state index contributed by atoms with van der Waals surface area (Å²) < 4.78 is 7.40. The van der Waals surface area contributed by atoms with Gasteiger partial charge in [-0.2, -0.15) is 5.10 Å². The van der Waals surface area contributed by atoms with E-state index in [4.69, 9.17) is 4.74 Å². The van der Waals surface area contributed by atoms with Gasteiger partial charge >= 0.3 is 0 Å². The Morgan fingerprint density at radius 3 is 2.71 bits per heavy atom. The van der Waals surface area contributed by atoms with Gasteiger partial charge in [0.15, 0.2) is 0 Å². The first-order chi connectivity index (χ1) is 10.2. The van der Waals surface area contributed by atoms with Gasteiger partial charge in [0.25, 0.3) is 0 Å². The Kier molecular flexibility index (Phi) is 5.39. The van der Waals surface area contributed by atoms with E-state index in [0.29, 0.717) is 0 Å². The van der Waals surface area contributed by atoms with Gasteiger partial charge in [0.1, 0.15) is 5.75 Å². The van der Waals surface area contributed by atoms with Crippen molar-refractivity contribution in [1.82, 2.24) is 15.1 Å². The molecule has 0 bridgehead atoms. The number of likely N-dealkylation sites (N-methyl/N-ethyl adjacent to an activating group) is 1. The average molecular weight is 287 g/mol. The van der Waals surface area contributed by atoms with Gasteiger partial charge in [-0.1, -0.05) is 19.1 Å². The van der Waals surface area contributed by atoms with E-state index < -0.39 is 0 Å². The van der Waals surface area contributed by atoms with Crippen molar-refractivity contribution in [1.29, 1.82) is 0 Å². The number of ether oxygens (including phenoxy) is 1. The van der Waals surface area contributed by atoms with Crippen LogP contribution in [0.3, 0.4) is 0 Å². The lowest BCUT2D eigenvalue weighted by molar-refractivity contribution is 0.413. The van der Waals surface area contributed by atoms with Crippen LogP contribution in [-0.4, -0.2) is 23.9 Å². The van der Waals surface area contributed by atoms with E-state index in [1.165, 1.54) is 11.3 Å². The first-order valence-corrected chi connectivity index (χ1v) is 7.58. The summed E-state index contributed by atoms with van der Waals surface area (Å²) in [5.41, 5.74) is 3.66. The average Bonchev–Trinajstić information content (AvgIpc) is 2.96. The molecule has 4 nitrogen and oxygen atoms in total. The highest BCUT2D eigenvalue weighted by Crippen LogP contribution is 2.22. The minimum Gasteiger partial charge on any atom is -0.497 e. The molecule has 2 aromatic rings. The fourth-order valence-electron chi connectivity index (χ4n) is 2.58. The van der Waals surface area contributed by atoms with Crippen molar-refractivity contribution in [3.05, 3.63) is 47.3 Å². The summed E-state index contributed by atoms with van der Waals surface area (Å²) in [7, 11) is 3.71. The number of hydrogen-bond donors (Lipinski definition) is 1. The minimum absolute atomic E-state index is 0.254. The fraction of sp³-hybridized carbons (Fsp3) is 0.471. The number of nitrogens with zero attached hydrogens (tertiary/aromatic N) is 2. The van der Waals surface area contributed by atoms with Gasteiger partial charge in [-0.3, -0.25) is 4.68 Å². The van der Waals surface area contributed by atoms with Crippen LogP contribution in [0.25, 0.3) is 0 Å². The fourth-order valence-corrected chi connectivity index (χ4v) is 2.58. The Labute approximate surface area is 127 Å². The second-order valence-corrected chi connectivity index (χ2v) is 5.13. The predicted octanol–water partition coefficient (Wildman–Crippen LogP) is 2.98. The molecule has 1 atom stereocenters. The summed E-state index contributed by atoms with van der Waals surface area (Å²) in [6.07, 6.45) is 1.89. The highest BCUT2D eigenvalue weighted by Gasteiger charge is 2.16.